The highest BCUT2D eigenvalue weighted by Gasteiger charge is 2.10. The van der Waals surface area contributed by atoms with E-state index in [1.54, 1.807) is 14.2 Å². The summed E-state index contributed by atoms with van der Waals surface area (Å²) in [7, 11) is 3.40. The molecule has 1 unspecified atom stereocenters. The molecule has 0 spiro atoms. The Labute approximate surface area is 190 Å². The first kappa shape index (κ1) is 24.7. The standard InChI is InChI=1S/C22H30N4O2.HI/c1-5-16(2)21(27)26-19-11-8-9-17(13-19)14-24-22(23-3)25-15-18-10-6-7-12-20(18)28-4;/h6-13,16H,5,14-15H2,1-4H3,(H,26,27)(H2,23,24,25);1H. The number of guanidine groups is 1. The van der Waals surface area contributed by atoms with Gasteiger partial charge in [-0.15, -0.1) is 24.0 Å². The first-order valence-electron chi connectivity index (χ1n) is 9.53. The number of aliphatic imine (C=N–C) groups is 1. The van der Waals surface area contributed by atoms with Gasteiger partial charge in [0.05, 0.1) is 7.11 Å². The van der Waals surface area contributed by atoms with Crippen LogP contribution in [0.25, 0.3) is 0 Å². The van der Waals surface area contributed by atoms with Gasteiger partial charge >= 0.3 is 0 Å². The van der Waals surface area contributed by atoms with Gasteiger partial charge in [0, 0.05) is 37.3 Å². The van der Waals surface area contributed by atoms with Crippen LogP contribution >= 0.6 is 24.0 Å². The number of carbonyl (C=O) groups is 1. The van der Waals surface area contributed by atoms with Gasteiger partial charge in [0.25, 0.3) is 0 Å². The van der Waals surface area contributed by atoms with E-state index in [1.165, 1.54) is 0 Å². The number of nitrogens with one attached hydrogen (secondary N) is 3. The fraction of sp³-hybridized carbons (Fsp3) is 0.364. The van der Waals surface area contributed by atoms with Crippen LogP contribution in [0.1, 0.15) is 31.4 Å². The molecule has 0 heterocycles. The van der Waals surface area contributed by atoms with E-state index in [9.17, 15) is 4.79 Å². The fourth-order valence-electron chi connectivity index (χ4n) is 2.64. The molecule has 2 rings (SSSR count). The molecule has 29 heavy (non-hydrogen) atoms. The highest BCUT2D eigenvalue weighted by molar-refractivity contribution is 14.0. The van der Waals surface area contributed by atoms with Crippen LogP contribution in [0.5, 0.6) is 5.75 Å². The predicted octanol–water partition coefficient (Wildman–Crippen LogP) is 4.16. The van der Waals surface area contributed by atoms with E-state index in [0.29, 0.717) is 19.0 Å². The molecule has 0 saturated heterocycles. The molecule has 2 aromatic carbocycles. The van der Waals surface area contributed by atoms with Gasteiger partial charge in [-0.2, -0.15) is 0 Å². The summed E-state index contributed by atoms with van der Waals surface area (Å²) in [6.07, 6.45) is 0.821. The van der Waals surface area contributed by atoms with Gasteiger partial charge in [-0.25, -0.2) is 0 Å². The molecular formula is C22H31IN4O2. The molecule has 0 fully saturated rings. The van der Waals surface area contributed by atoms with Crippen LogP contribution in [0.3, 0.4) is 0 Å². The van der Waals surface area contributed by atoms with Crippen LogP contribution in [0.2, 0.25) is 0 Å². The van der Waals surface area contributed by atoms with E-state index in [-0.39, 0.29) is 35.8 Å². The summed E-state index contributed by atoms with van der Waals surface area (Å²) in [6.45, 7) is 5.14. The minimum Gasteiger partial charge on any atom is -0.496 e. The number of para-hydroxylation sites is 1. The molecular weight excluding hydrogens is 479 g/mol. The molecule has 0 aliphatic carbocycles. The van der Waals surface area contributed by atoms with Crippen molar-refractivity contribution in [2.24, 2.45) is 10.9 Å². The van der Waals surface area contributed by atoms with Crippen molar-refractivity contribution < 1.29 is 9.53 Å². The zero-order chi connectivity index (χ0) is 20.4. The average Bonchev–Trinajstić information content (AvgIpc) is 2.73. The number of hydrogen-bond acceptors (Lipinski definition) is 3. The number of amides is 1. The molecule has 0 aliphatic heterocycles. The Morgan fingerprint density at radius 2 is 1.83 bits per heavy atom. The second-order valence-electron chi connectivity index (χ2n) is 6.59. The first-order chi connectivity index (χ1) is 13.6. The minimum atomic E-state index is -0.000198. The zero-order valence-electron chi connectivity index (χ0n) is 17.5. The lowest BCUT2D eigenvalue weighted by Crippen LogP contribution is -2.36. The van der Waals surface area contributed by atoms with E-state index >= 15 is 0 Å². The first-order valence-corrected chi connectivity index (χ1v) is 9.53. The van der Waals surface area contributed by atoms with E-state index in [1.807, 2.05) is 62.4 Å². The molecule has 158 valence electrons. The monoisotopic (exact) mass is 510 g/mol. The van der Waals surface area contributed by atoms with Crippen molar-refractivity contribution in [3.63, 3.8) is 0 Å². The quantitative estimate of drug-likeness (QED) is 0.283. The van der Waals surface area contributed by atoms with Crippen molar-refractivity contribution in [2.45, 2.75) is 33.4 Å². The van der Waals surface area contributed by atoms with Crippen LogP contribution in [-0.2, 0) is 17.9 Å². The van der Waals surface area contributed by atoms with E-state index in [2.05, 4.69) is 20.9 Å². The normalized spacial score (nSPS) is 11.8. The van der Waals surface area contributed by atoms with Crippen molar-refractivity contribution in [2.75, 3.05) is 19.5 Å². The van der Waals surface area contributed by atoms with Gasteiger partial charge in [-0.1, -0.05) is 44.2 Å². The van der Waals surface area contributed by atoms with Gasteiger partial charge in [0.15, 0.2) is 5.96 Å². The van der Waals surface area contributed by atoms with Crippen LogP contribution in [0.4, 0.5) is 5.69 Å². The van der Waals surface area contributed by atoms with E-state index in [4.69, 9.17) is 4.74 Å². The van der Waals surface area contributed by atoms with Crippen molar-refractivity contribution >= 4 is 41.5 Å². The summed E-state index contributed by atoms with van der Waals surface area (Å²) in [6, 6.07) is 15.7. The molecule has 3 N–H and O–H groups in total. The lowest BCUT2D eigenvalue weighted by Gasteiger charge is -2.14. The van der Waals surface area contributed by atoms with Crippen LogP contribution in [-0.4, -0.2) is 26.0 Å². The highest BCUT2D eigenvalue weighted by Crippen LogP contribution is 2.16. The number of anilines is 1. The number of hydrogen-bond donors (Lipinski definition) is 3. The van der Waals surface area contributed by atoms with E-state index < -0.39 is 0 Å². The molecule has 6 nitrogen and oxygen atoms in total. The van der Waals surface area contributed by atoms with Crippen molar-refractivity contribution in [1.82, 2.24) is 10.6 Å². The summed E-state index contributed by atoms with van der Waals surface area (Å²) >= 11 is 0. The van der Waals surface area contributed by atoms with E-state index in [0.717, 1.165) is 29.0 Å². The molecule has 0 radical (unpaired) electrons. The lowest BCUT2D eigenvalue weighted by atomic mass is 10.1. The van der Waals surface area contributed by atoms with Crippen LogP contribution in [0.15, 0.2) is 53.5 Å². The van der Waals surface area contributed by atoms with Gasteiger partial charge < -0.3 is 20.7 Å². The van der Waals surface area contributed by atoms with Crippen molar-refractivity contribution in [1.29, 1.82) is 0 Å². The largest absolute Gasteiger partial charge is 0.496 e. The van der Waals surface area contributed by atoms with Crippen molar-refractivity contribution in [3.8, 4) is 5.75 Å². The maximum absolute atomic E-state index is 12.1. The third-order valence-electron chi connectivity index (χ3n) is 4.58. The second kappa shape index (κ2) is 13.0. The number of benzene rings is 2. The number of methoxy groups -OCH3 is 1. The topological polar surface area (TPSA) is 74.8 Å². The Hall–Kier alpha value is -2.29. The number of carbonyl (C=O) groups excluding carboxylic acids is 1. The molecule has 7 heteroatoms. The Morgan fingerprint density at radius 3 is 2.52 bits per heavy atom. The minimum absolute atomic E-state index is 0. The Morgan fingerprint density at radius 1 is 1.10 bits per heavy atom. The summed E-state index contributed by atoms with van der Waals surface area (Å²) in [4.78, 5) is 16.3. The van der Waals surface area contributed by atoms with Gasteiger partial charge in [-0.05, 0) is 30.2 Å². The summed E-state index contributed by atoms with van der Waals surface area (Å²) < 4.78 is 5.38. The molecule has 2 aromatic rings. The summed E-state index contributed by atoms with van der Waals surface area (Å²) in [5.74, 6) is 1.58. The number of nitrogens with zero attached hydrogens (tertiary/aromatic N) is 1. The Kier molecular flexibility index (Phi) is 11.1. The number of rotatable bonds is 8. The highest BCUT2D eigenvalue weighted by atomic mass is 127. The van der Waals surface area contributed by atoms with Crippen molar-refractivity contribution in [3.05, 3.63) is 59.7 Å². The van der Waals surface area contributed by atoms with Gasteiger partial charge in [0.2, 0.25) is 5.91 Å². The molecule has 0 aliphatic rings. The van der Waals surface area contributed by atoms with Crippen LogP contribution < -0.4 is 20.7 Å². The Bertz CT molecular complexity index is 811. The maximum Gasteiger partial charge on any atom is 0.227 e. The maximum atomic E-state index is 12.1. The summed E-state index contributed by atoms with van der Waals surface area (Å²) in [5, 5.41) is 9.55. The number of ether oxygens (including phenoxy) is 1. The lowest BCUT2D eigenvalue weighted by molar-refractivity contribution is -0.119. The Balaban J connectivity index is 0.00000420. The smallest absolute Gasteiger partial charge is 0.227 e. The average molecular weight is 510 g/mol. The summed E-state index contributed by atoms with van der Waals surface area (Å²) in [5.41, 5.74) is 2.92. The molecule has 1 atom stereocenters. The third-order valence-corrected chi connectivity index (χ3v) is 4.58. The van der Waals surface area contributed by atoms with Gasteiger partial charge in [0.1, 0.15) is 5.75 Å². The van der Waals surface area contributed by atoms with Crippen LogP contribution in [0, 0.1) is 5.92 Å². The third kappa shape index (κ3) is 7.92. The molecule has 0 aromatic heterocycles. The molecule has 0 bridgehead atoms. The molecule has 1 amide bonds. The zero-order valence-corrected chi connectivity index (χ0v) is 19.8. The second-order valence-corrected chi connectivity index (χ2v) is 6.59. The predicted molar refractivity (Wildman–Crippen MR) is 130 cm³/mol. The fourth-order valence-corrected chi connectivity index (χ4v) is 2.64. The SMILES string of the molecule is CCC(C)C(=O)Nc1cccc(CNC(=NC)NCc2ccccc2OC)c1.I. The molecule has 0 saturated carbocycles. The van der Waals surface area contributed by atoms with Gasteiger partial charge in [-0.3, -0.25) is 9.79 Å². The number of halogens is 1.